The molecule has 0 unspecified atom stereocenters. The summed E-state index contributed by atoms with van der Waals surface area (Å²) in [6.45, 7) is 1.32. The van der Waals surface area contributed by atoms with Crippen molar-refractivity contribution in [3.8, 4) is 0 Å². The second-order valence-electron chi connectivity index (χ2n) is 4.65. The number of benzene rings is 1. The molecule has 20 heavy (non-hydrogen) atoms. The molecular formula is C13H14F2N2O3. The van der Waals surface area contributed by atoms with Gasteiger partial charge in [-0.3, -0.25) is 4.79 Å². The molecule has 1 aliphatic heterocycles. The zero-order chi connectivity index (χ0) is 14.7. The lowest BCUT2D eigenvalue weighted by atomic mass is 9.98. The molecule has 1 aromatic rings. The molecule has 7 heteroatoms. The SMILES string of the molecule is O=C(O)c1cc(NC(=O)[C@H]2CCCNC2)c(F)cc1F. The summed E-state index contributed by atoms with van der Waals surface area (Å²) in [6.07, 6.45) is 1.51. The lowest BCUT2D eigenvalue weighted by Crippen LogP contribution is -2.37. The summed E-state index contributed by atoms with van der Waals surface area (Å²) in [5.41, 5.74) is -0.997. The standard InChI is InChI=1S/C13H14F2N2O3/c14-9-5-10(15)11(4-8(9)13(19)20)17-12(18)7-2-1-3-16-6-7/h4-5,7,16H,1-3,6H2,(H,17,18)(H,19,20)/t7-/m0/s1. The number of anilines is 1. The Morgan fingerprint density at radius 3 is 2.65 bits per heavy atom. The molecule has 0 bridgehead atoms. The minimum Gasteiger partial charge on any atom is -0.478 e. The number of amides is 1. The largest absolute Gasteiger partial charge is 0.478 e. The molecule has 1 amide bonds. The van der Waals surface area contributed by atoms with E-state index in [-0.39, 0.29) is 11.6 Å². The second kappa shape index (κ2) is 5.96. The van der Waals surface area contributed by atoms with Gasteiger partial charge in [-0.15, -0.1) is 0 Å². The predicted molar refractivity (Wildman–Crippen MR) is 67.5 cm³/mol. The summed E-state index contributed by atoms with van der Waals surface area (Å²) in [5.74, 6) is -4.39. The Balaban J connectivity index is 2.18. The third-order valence-electron chi connectivity index (χ3n) is 3.21. The molecule has 0 aliphatic carbocycles. The fraction of sp³-hybridized carbons (Fsp3) is 0.385. The second-order valence-corrected chi connectivity index (χ2v) is 4.65. The van der Waals surface area contributed by atoms with Crippen LogP contribution in [0.1, 0.15) is 23.2 Å². The van der Waals surface area contributed by atoms with Gasteiger partial charge in [0.2, 0.25) is 5.91 Å². The molecular weight excluding hydrogens is 270 g/mol. The van der Waals surface area contributed by atoms with Crippen LogP contribution in [0.5, 0.6) is 0 Å². The third-order valence-corrected chi connectivity index (χ3v) is 3.21. The van der Waals surface area contributed by atoms with Crippen molar-refractivity contribution in [1.29, 1.82) is 0 Å². The lowest BCUT2D eigenvalue weighted by Gasteiger charge is -2.22. The number of rotatable bonds is 3. The number of carboxylic acid groups (broad SMARTS) is 1. The molecule has 5 nitrogen and oxygen atoms in total. The highest BCUT2D eigenvalue weighted by atomic mass is 19.1. The summed E-state index contributed by atoms with van der Waals surface area (Å²) >= 11 is 0. The number of hydrogen-bond acceptors (Lipinski definition) is 3. The minimum absolute atomic E-state index is 0.304. The Kier molecular flexibility index (Phi) is 4.29. The van der Waals surface area contributed by atoms with Crippen LogP contribution in [-0.2, 0) is 4.79 Å². The maximum Gasteiger partial charge on any atom is 0.338 e. The average molecular weight is 284 g/mol. The molecule has 1 atom stereocenters. The molecule has 2 rings (SSSR count). The Morgan fingerprint density at radius 1 is 1.30 bits per heavy atom. The van der Waals surface area contributed by atoms with Gasteiger partial charge in [-0.2, -0.15) is 0 Å². The van der Waals surface area contributed by atoms with E-state index < -0.39 is 29.1 Å². The monoisotopic (exact) mass is 284 g/mol. The van der Waals surface area contributed by atoms with Gasteiger partial charge in [0.25, 0.3) is 0 Å². The molecule has 0 aromatic heterocycles. The molecule has 1 heterocycles. The zero-order valence-electron chi connectivity index (χ0n) is 10.6. The van der Waals surface area contributed by atoms with Gasteiger partial charge in [0.05, 0.1) is 17.2 Å². The quantitative estimate of drug-likeness (QED) is 0.788. The molecule has 108 valence electrons. The van der Waals surface area contributed by atoms with E-state index >= 15 is 0 Å². The van der Waals surface area contributed by atoms with E-state index in [2.05, 4.69) is 10.6 Å². The number of carboxylic acids is 1. The van der Waals surface area contributed by atoms with E-state index in [1.165, 1.54) is 0 Å². The normalized spacial score (nSPS) is 18.6. The van der Waals surface area contributed by atoms with Crippen LogP contribution < -0.4 is 10.6 Å². The van der Waals surface area contributed by atoms with Crippen LogP contribution >= 0.6 is 0 Å². The molecule has 0 spiro atoms. The van der Waals surface area contributed by atoms with Crippen molar-refractivity contribution in [2.45, 2.75) is 12.8 Å². The van der Waals surface area contributed by atoms with Gasteiger partial charge < -0.3 is 15.7 Å². The number of hydrogen-bond donors (Lipinski definition) is 3. The van der Waals surface area contributed by atoms with Crippen molar-refractivity contribution in [3.05, 3.63) is 29.3 Å². The molecule has 1 saturated heterocycles. The van der Waals surface area contributed by atoms with E-state index in [0.29, 0.717) is 19.0 Å². The number of halogens is 2. The summed E-state index contributed by atoms with van der Waals surface area (Å²) in [6, 6.07) is 1.25. The summed E-state index contributed by atoms with van der Waals surface area (Å²) in [4.78, 5) is 22.7. The van der Waals surface area contributed by atoms with E-state index in [1.807, 2.05) is 0 Å². The average Bonchev–Trinajstić information content (AvgIpc) is 2.42. The van der Waals surface area contributed by atoms with Crippen LogP contribution in [0.2, 0.25) is 0 Å². The highest BCUT2D eigenvalue weighted by molar-refractivity contribution is 5.95. The van der Waals surface area contributed by atoms with E-state index in [0.717, 1.165) is 19.0 Å². The first kappa shape index (κ1) is 14.4. The molecule has 1 aliphatic rings. The van der Waals surface area contributed by atoms with E-state index in [4.69, 9.17) is 5.11 Å². The fourth-order valence-electron chi connectivity index (χ4n) is 2.12. The Hall–Kier alpha value is -2.02. The van der Waals surface area contributed by atoms with Crippen molar-refractivity contribution in [2.24, 2.45) is 5.92 Å². The van der Waals surface area contributed by atoms with E-state index in [1.54, 1.807) is 0 Å². The van der Waals surface area contributed by atoms with Crippen molar-refractivity contribution < 1.29 is 23.5 Å². The molecule has 1 aromatic carbocycles. The first-order chi connectivity index (χ1) is 9.49. The van der Waals surface area contributed by atoms with Gasteiger partial charge in [0.1, 0.15) is 11.6 Å². The van der Waals surface area contributed by atoms with Crippen molar-refractivity contribution in [2.75, 3.05) is 18.4 Å². The number of carbonyl (C=O) groups is 2. The van der Waals surface area contributed by atoms with Crippen LogP contribution in [0.15, 0.2) is 12.1 Å². The lowest BCUT2D eigenvalue weighted by molar-refractivity contribution is -0.120. The first-order valence-corrected chi connectivity index (χ1v) is 6.23. The number of piperidine rings is 1. The van der Waals surface area contributed by atoms with Gasteiger partial charge in [0.15, 0.2) is 0 Å². The van der Waals surface area contributed by atoms with E-state index in [9.17, 15) is 18.4 Å². The number of aromatic carboxylic acids is 1. The molecule has 1 fully saturated rings. The minimum atomic E-state index is -1.52. The van der Waals surface area contributed by atoms with Crippen molar-refractivity contribution in [3.63, 3.8) is 0 Å². The maximum absolute atomic E-state index is 13.6. The predicted octanol–water partition coefficient (Wildman–Crippen LogP) is 1.60. The van der Waals surface area contributed by atoms with Crippen LogP contribution in [0, 0.1) is 17.6 Å². The Labute approximate surface area is 114 Å². The molecule has 0 saturated carbocycles. The summed E-state index contributed by atoms with van der Waals surface area (Å²) < 4.78 is 26.8. The summed E-state index contributed by atoms with van der Waals surface area (Å²) in [5, 5.41) is 14.1. The topological polar surface area (TPSA) is 78.4 Å². The maximum atomic E-state index is 13.6. The van der Waals surface area contributed by atoms with Gasteiger partial charge >= 0.3 is 5.97 Å². The number of nitrogens with one attached hydrogen (secondary N) is 2. The van der Waals surface area contributed by atoms with Crippen molar-refractivity contribution in [1.82, 2.24) is 5.32 Å². The van der Waals surface area contributed by atoms with Crippen LogP contribution in [0.3, 0.4) is 0 Å². The fourth-order valence-corrected chi connectivity index (χ4v) is 2.12. The van der Waals surface area contributed by atoms with Crippen LogP contribution in [0.25, 0.3) is 0 Å². The zero-order valence-corrected chi connectivity index (χ0v) is 10.6. The van der Waals surface area contributed by atoms with Gasteiger partial charge in [-0.05, 0) is 25.5 Å². The van der Waals surface area contributed by atoms with Gasteiger partial charge in [0, 0.05) is 12.6 Å². The van der Waals surface area contributed by atoms with Gasteiger partial charge in [-0.1, -0.05) is 0 Å². The highest BCUT2D eigenvalue weighted by Crippen LogP contribution is 2.21. The Morgan fingerprint density at radius 2 is 2.05 bits per heavy atom. The number of carbonyl (C=O) groups excluding carboxylic acids is 1. The smallest absolute Gasteiger partial charge is 0.338 e. The van der Waals surface area contributed by atoms with Crippen LogP contribution in [-0.4, -0.2) is 30.1 Å². The first-order valence-electron chi connectivity index (χ1n) is 6.23. The highest BCUT2D eigenvalue weighted by Gasteiger charge is 2.23. The summed E-state index contributed by atoms with van der Waals surface area (Å²) in [7, 11) is 0. The van der Waals surface area contributed by atoms with Crippen LogP contribution in [0.4, 0.5) is 14.5 Å². The van der Waals surface area contributed by atoms with Crippen molar-refractivity contribution >= 4 is 17.6 Å². The van der Waals surface area contributed by atoms with Gasteiger partial charge in [-0.25, -0.2) is 13.6 Å². The third kappa shape index (κ3) is 3.11. The Bertz CT molecular complexity index is 543. The molecule has 3 N–H and O–H groups in total. The molecule has 0 radical (unpaired) electrons.